The molecule has 0 bridgehead atoms. The molecule has 12 heavy (non-hydrogen) atoms. The Morgan fingerprint density at radius 1 is 1.25 bits per heavy atom. The summed E-state index contributed by atoms with van der Waals surface area (Å²) in [5.41, 5.74) is 1.32. The SMILES string of the molecule is C/C=C/c1cccc2ccsc12. The fourth-order valence-corrected chi connectivity index (χ4v) is 2.22. The van der Waals surface area contributed by atoms with Crippen LogP contribution in [0.15, 0.2) is 35.7 Å². The van der Waals surface area contributed by atoms with Crippen LogP contribution >= 0.6 is 11.3 Å². The van der Waals surface area contributed by atoms with Crippen LogP contribution < -0.4 is 0 Å². The van der Waals surface area contributed by atoms with Crippen molar-refractivity contribution in [2.45, 2.75) is 6.92 Å². The second-order valence-corrected chi connectivity index (χ2v) is 3.60. The van der Waals surface area contributed by atoms with Crippen LogP contribution in [-0.2, 0) is 0 Å². The molecule has 0 saturated heterocycles. The molecule has 60 valence electrons. The number of hydrogen-bond acceptors (Lipinski definition) is 1. The predicted octanol–water partition coefficient (Wildman–Crippen LogP) is 3.93. The van der Waals surface area contributed by atoms with Gasteiger partial charge in [-0.05, 0) is 29.3 Å². The Balaban J connectivity index is 2.73. The Hall–Kier alpha value is -1.08. The maximum Gasteiger partial charge on any atom is 0.0414 e. The van der Waals surface area contributed by atoms with Crippen LogP contribution in [0.3, 0.4) is 0 Å². The molecule has 0 saturated carbocycles. The van der Waals surface area contributed by atoms with Gasteiger partial charge in [0.15, 0.2) is 0 Å². The highest BCUT2D eigenvalue weighted by Crippen LogP contribution is 2.25. The molecule has 0 spiro atoms. The molecule has 0 amide bonds. The van der Waals surface area contributed by atoms with Crippen molar-refractivity contribution in [2.75, 3.05) is 0 Å². The molecule has 2 aromatic rings. The molecule has 0 aliphatic rings. The molecule has 1 heteroatoms. The second-order valence-electron chi connectivity index (χ2n) is 2.69. The van der Waals surface area contributed by atoms with Crippen LogP contribution in [-0.4, -0.2) is 0 Å². The summed E-state index contributed by atoms with van der Waals surface area (Å²) in [4.78, 5) is 0. The fraction of sp³-hybridized carbons (Fsp3) is 0.0909. The van der Waals surface area contributed by atoms with E-state index in [2.05, 4.69) is 41.8 Å². The van der Waals surface area contributed by atoms with Gasteiger partial charge in [0.25, 0.3) is 0 Å². The molecule has 0 fully saturated rings. The van der Waals surface area contributed by atoms with E-state index in [1.807, 2.05) is 6.92 Å². The van der Waals surface area contributed by atoms with Crippen LogP contribution in [0.1, 0.15) is 12.5 Å². The molecule has 1 aromatic carbocycles. The smallest absolute Gasteiger partial charge is 0.0414 e. The highest BCUT2D eigenvalue weighted by Gasteiger charge is 1.96. The van der Waals surface area contributed by atoms with Gasteiger partial charge in [-0.2, -0.15) is 0 Å². The Bertz CT molecular complexity index is 410. The van der Waals surface area contributed by atoms with E-state index in [-0.39, 0.29) is 0 Å². The standard InChI is InChI=1S/C11H10S/c1-2-4-9-5-3-6-10-7-8-12-11(9)10/h2-8H,1H3/b4-2+. The first-order chi connectivity index (χ1) is 5.92. The van der Waals surface area contributed by atoms with Crippen LogP contribution in [0.4, 0.5) is 0 Å². The Kier molecular flexibility index (Phi) is 1.96. The van der Waals surface area contributed by atoms with Gasteiger partial charge in [-0.15, -0.1) is 11.3 Å². The Morgan fingerprint density at radius 2 is 2.17 bits per heavy atom. The van der Waals surface area contributed by atoms with Gasteiger partial charge in [-0.3, -0.25) is 0 Å². The molecule has 0 N–H and O–H groups in total. The van der Waals surface area contributed by atoms with Crippen molar-refractivity contribution in [3.8, 4) is 0 Å². The zero-order chi connectivity index (χ0) is 8.39. The minimum Gasteiger partial charge on any atom is -0.143 e. The van der Waals surface area contributed by atoms with E-state index >= 15 is 0 Å². The van der Waals surface area contributed by atoms with Crippen molar-refractivity contribution in [3.63, 3.8) is 0 Å². The summed E-state index contributed by atoms with van der Waals surface area (Å²) in [7, 11) is 0. The number of thiophene rings is 1. The molecule has 0 radical (unpaired) electrons. The Labute approximate surface area is 76.2 Å². The lowest BCUT2D eigenvalue weighted by Gasteiger charge is -1.94. The van der Waals surface area contributed by atoms with Crippen molar-refractivity contribution < 1.29 is 0 Å². The summed E-state index contributed by atoms with van der Waals surface area (Å²) in [6.07, 6.45) is 4.23. The topological polar surface area (TPSA) is 0 Å². The van der Waals surface area contributed by atoms with Gasteiger partial charge in [0.2, 0.25) is 0 Å². The lowest BCUT2D eigenvalue weighted by atomic mass is 10.1. The number of benzene rings is 1. The lowest BCUT2D eigenvalue weighted by Crippen LogP contribution is -1.69. The van der Waals surface area contributed by atoms with E-state index in [0.717, 1.165) is 0 Å². The van der Waals surface area contributed by atoms with Gasteiger partial charge in [-0.25, -0.2) is 0 Å². The molecule has 0 aliphatic heterocycles. The number of rotatable bonds is 1. The summed E-state index contributed by atoms with van der Waals surface area (Å²) in [6, 6.07) is 8.56. The normalized spacial score (nSPS) is 11.4. The van der Waals surface area contributed by atoms with Gasteiger partial charge in [0.05, 0.1) is 0 Å². The van der Waals surface area contributed by atoms with Crippen molar-refractivity contribution in [3.05, 3.63) is 41.3 Å². The summed E-state index contributed by atoms with van der Waals surface area (Å²) in [5.74, 6) is 0. The number of hydrogen-bond donors (Lipinski definition) is 0. The highest BCUT2D eigenvalue weighted by molar-refractivity contribution is 7.17. The summed E-state index contributed by atoms with van der Waals surface area (Å²) in [5, 5.41) is 3.48. The third-order valence-electron chi connectivity index (χ3n) is 1.86. The highest BCUT2D eigenvalue weighted by atomic mass is 32.1. The largest absolute Gasteiger partial charge is 0.143 e. The lowest BCUT2D eigenvalue weighted by molar-refractivity contribution is 1.74. The zero-order valence-corrected chi connectivity index (χ0v) is 7.77. The maximum atomic E-state index is 2.16. The molecule has 1 heterocycles. The number of allylic oxidation sites excluding steroid dienone is 1. The number of fused-ring (bicyclic) bond motifs is 1. The molecular formula is C11H10S. The van der Waals surface area contributed by atoms with Gasteiger partial charge in [0.1, 0.15) is 0 Å². The van der Waals surface area contributed by atoms with Gasteiger partial charge in [-0.1, -0.05) is 30.4 Å². The van der Waals surface area contributed by atoms with E-state index in [4.69, 9.17) is 0 Å². The van der Waals surface area contributed by atoms with Crippen molar-refractivity contribution in [2.24, 2.45) is 0 Å². The third kappa shape index (κ3) is 1.16. The maximum absolute atomic E-state index is 2.16. The first kappa shape index (κ1) is 7.56. The zero-order valence-electron chi connectivity index (χ0n) is 6.95. The van der Waals surface area contributed by atoms with E-state index in [1.165, 1.54) is 15.6 Å². The molecule has 0 atom stereocenters. The van der Waals surface area contributed by atoms with Crippen LogP contribution in [0.25, 0.3) is 16.2 Å². The van der Waals surface area contributed by atoms with Gasteiger partial charge >= 0.3 is 0 Å². The average molecular weight is 174 g/mol. The molecule has 0 unspecified atom stereocenters. The van der Waals surface area contributed by atoms with Crippen LogP contribution in [0.2, 0.25) is 0 Å². The van der Waals surface area contributed by atoms with Crippen molar-refractivity contribution in [1.29, 1.82) is 0 Å². The molecule has 1 aromatic heterocycles. The monoisotopic (exact) mass is 174 g/mol. The van der Waals surface area contributed by atoms with E-state index in [1.54, 1.807) is 11.3 Å². The predicted molar refractivity (Wildman–Crippen MR) is 56.5 cm³/mol. The first-order valence-corrected chi connectivity index (χ1v) is 4.88. The van der Waals surface area contributed by atoms with Crippen molar-refractivity contribution in [1.82, 2.24) is 0 Å². The van der Waals surface area contributed by atoms with E-state index in [9.17, 15) is 0 Å². The average Bonchev–Trinajstić information content (AvgIpc) is 2.53. The van der Waals surface area contributed by atoms with Crippen molar-refractivity contribution >= 4 is 27.5 Å². The van der Waals surface area contributed by atoms with Gasteiger partial charge in [0, 0.05) is 4.70 Å². The quantitative estimate of drug-likeness (QED) is 0.614. The second kappa shape index (κ2) is 3.11. The Morgan fingerprint density at radius 3 is 3.00 bits per heavy atom. The summed E-state index contributed by atoms with van der Waals surface area (Å²) < 4.78 is 1.38. The fourth-order valence-electron chi connectivity index (χ4n) is 1.33. The first-order valence-electron chi connectivity index (χ1n) is 4.01. The van der Waals surface area contributed by atoms with E-state index < -0.39 is 0 Å². The third-order valence-corrected chi connectivity index (χ3v) is 2.83. The summed E-state index contributed by atoms with van der Waals surface area (Å²) in [6.45, 7) is 2.05. The minimum absolute atomic E-state index is 1.32. The molecule has 0 nitrogen and oxygen atoms in total. The van der Waals surface area contributed by atoms with Gasteiger partial charge < -0.3 is 0 Å². The van der Waals surface area contributed by atoms with Crippen LogP contribution in [0.5, 0.6) is 0 Å². The molecular weight excluding hydrogens is 164 g/mol. The van der Waals surface area contributed by atoms with Crippen LogP contribution in [0, 0.1) is 0 Å². The minimum atomic E-state index is 1.32. The molecule has 2 rings (SSSR count). The van der Waals surface area contributed by atoms with E-state index in [0.29, 0.717) is 0 Å². The molecule has 0 aliphatic carbocycles. The summed E-state index contributed by atoms with van der Waals surface area (Å²) >= 11 is 1.80.